The molecule has 1 amide bonds. The quantitative estimate of drug-likeness (QED) is 0.898. The fourth-order valence-corrected chi connectivity index (χ4v) is 1.73. The van der Waals surface area contributed by atoms with Crippen LogP contribution in [0.4, 0.5) is 4.79 Å². The molecule has 1 atom stereocenters. The molecule has 1 fully saturated rings. The predicted octanol–water partition coefficient (Wildman–Crippen LogP) is 1.94. The van der Waals surface area contributed by atoms with E-state index in [1.807, 2.05) is 13.0 Å². The largest absolute Gasteiger partial charge is 0.488 e. The summed E-state index contributed by atoms with van der Waals surface area (Å²) in [6.45, 7) is 2.15. The Morgan fingerprint density at radius 2 is 2.35 bits per heavy atom. The highest BCUT2D eigenvalue weighted by atomic mass is 35.5. The molecule has 0 saturated carbocycles. The fraction of sp³-hybridized carbons (Fsp3) is 0.364. The number of hydrogen-bond donors (Lipinski definition) is 1. The molecule has 0 aliphatic carbocycles. The predicted molar refractivity (Wildman–Crippen MR) is 62.9 cm³/mol. The van der Waals surface area contributed by atoms with Crippen LogP contribution in [0.1, 0.15) is 5.56 Å². The number of rotatable bonds is 3. The van der Waals surface area contributed by atoms with Gasteiger partial charge in [0.15, 0.2) is 0 Å². The Morgan fingerprint density at radius 1 is 1.59 bits per heavy atom. The molecule has 5 nitrogen and oxygen atoms in total. The van der Waals surface area contributed by atoms with Crippen molar-refractivity contribution in [2.24, 2.45) is 0 Å². The first-order valence-corrected chi connectivity index (χ1v) is 5.53. The van der Waals surface area contributed by atoms with Gasteiger partial charge in [-0.15, -0.1) is 0 Å². The first kappa shape index (κ1) is 12.0. The molecule has 17 heavy (non-hydrogen) atoms. The van der Waals surface area contributed by atoms with Gasteiger partial charge in [0.05, 0.1) is 0 Å². The van der Waals surface area contributed by atoms with Crippen LogP contribution >= 0.6 is 11.6 Å². The summed E-state index contributed by atoms with van der Waals surface area (Å²) in [6.07, 6.45) is -0.867. The Kier molecular flexibility index (Phi) is 3.40. The van der Waals surface area contributed by atoms with Gasteiger partial charge in [0.2, 0.25) is 6.23 Å². The number of cyclic esters (lactones) is 1. The van der Waals surface area contributed by atoms with Crippen molar-refractivity contribution in [3.8, 4) is 5.75 Å². The van der Waals surface area contributed by atoms with Crippen molar-refractivity contribution in [1.29, 1.82) is 0 Å². The molecule has 92 valence electrons. The lowest BCUT2D eigenvalue weighted by atomic mass is 10.2. The van der Waals surface area contributed by atoms with Crippen molar-refractivity contribution in [2.45, 2.75) is 13.2 Å². The number of benzene rings is 1. The number of carbonyl (C=O) groups is 1. The van der Waals surface area contributed by atoms with Crippen molar-refractivity contribution < 1.29 is 14.3 Å². The highest BCUT2D eigenvalue weighted by Gasteiger charge is 2.28. The summed E-state index contributed by atoms with van der Waals surface area (Å²) in [5, 5.41) is 1.95. The van der Waals surface area contributed by atoms with Gasteiger partial charge in [-0.3, -0.25) is 0 Å². The topological polar surface area (TPSA) is 50.8 Å². The molecule has 1 heterocycles. The molecule has 6 heteroatoms. The van der Waals surface area contributed by atoms with Crippen LogP contribution in [0.15, 0.2) is 18.2 Å². The Hall–Kier alpha value is -1.46. The third kappa shape index (κ3) is 2.81. The van der Waals surface area contributed by atoms with Gasteiger partial charge < -0.3 is 9.47 Å². The normalized spacial score (nSPS) is 19.4. The van der Waals surface area contributed by atoms with E-state index in [9.17, 15) is 4.79 Å². The lowest BCUT2D eigenvalue weighted by Gasteiger charge is -2.13. The molecule has 1 unspecified atom stereocenters. The lowest BCUT2D eigenvalue weighted by molar-refractivity contribution is 0.0886. The molecule has 1 aromatic rings. The minimum absolute atomic E-state index is 0.249. The molecule has 2 rings (SSSR count). The molecule has 1 aromatic carbocycles. The average molecular weight is 257 g/mol. The molecule has 0 spiro atoms. The van der Waals surface area contributed by atoms with E-state index < -0.39 is 12.3 Å². The fourth-order valence-electron chi connectivity index (χ4n) is 1.51. The summed E-state index contributed by atoms with van der Waals surface area (Å²) in [6, 6.07) is 5.36. The summed E-state index contributed by atoms with van der Waals surface area (Å²) < 4.78 is 10.5. The highest BCUT2D eigenvalue weighted by Crippen LogP contribution is 2.22. The zero-order valence-corrected chi connectivity index (χ0v) is 10.3. The maximum Gasteiger partial charge on any atom is 0.425 e. The molecular weight excluding hydrogens is 244 g/mol. The van der Waals surface area contributed by atoms with E-state index in [1.165, 1.54) is 5.01 Å². The van der Waals surface area contributed by atoms with Crippen molar-refractivity contribution in [3.63, 3.8) is 0 Å². The minimum atomic E-state index is -0.456. The van der Waals surface area contributed by atoms with Crippen LogP contribution in [0.2, 0.25) is 5.02 Å². The smallest absolute Gasteiger partial charge is 0.425 e. The number of aryl methyl sites for hydroxylation is 1. The van der Waals surface area contributed by atoms with Gasteiger partial charge in [-0.2, -0.15) is 5.43 Å². The molecule has 1 aliphatic rings. The number of halogens is 1. The Bertz CT molecular complexity index is 439. The van der Waals surface area contributed by atoms with Crippen LogP contribution in [0.25, 0.3) is 0 Å². The van der Waals surface area contributed by atoms with Crippen LogP contribution in [0.3, 0.4) is 0 Å². The second kappa shape index (κ2) is 4.81. The van der Waals surface area contributed by atoms with Crippen LogP contribution in [0.5, 0.6) is 5.75 Å². The van der Waals surface area contributed by atoms with E-state index in [1.54, 1.807) is 19.2 Å². The summed E-state index contributed by atoms with van der Waals surface area (Å²) in [4.78, 5) is 11.1. The zero-order valence-electron chi connectivity index (χ0n) is 9.57. The van der Waals surface area contributed by atoms with Gasteiger partial charge in [-0.1, -0.05) is 11.6 Å². The summed E-state index contributed by atoms with van der Waals surface area (Å²) in [5.74, 6) is 0.724. The van der Waals surface area contributed by atoms with Gasteiger partial charge >= 0.3 is 6.09 Å². The molecule has 0 aromatic heterocycles. The standard InChI is InChI=1S/C11H13ClN2O3/c1-7-5-8(12)3-4-9(7)16-6-10-13-14(2)11(15)17-10/h3-5,10,13H,6H2,1-2H3. The highest BCUT2D eigenvalue weighted by molar-refractivity contribution is 6.30. The number of nitrogens with one attached hydrogen (secondary N) is 1. The van der Waals surface area contributed by atoms with E-state index in [0.717, 1.165) is 11.3 Å². The van der Waals surface area contributed by atoms with Crippen molar-refractivity contribution in [3.05, 3.63) is 28.8 Å². The summed E-state index contributed by atoms with van der Waals surface area (Å²) in [5.41, 5.74) is 3.76. The van der Waals surface area contributed by atoms with Gasteiger partial charge in [-0.05, 0) is 30.7 Å². The summed E-state index contributed by atoms with van der Waals surface area (Å²) >= 11 is 5.84. The number of hydrogen-bond acceptors (Lipinski definition) is 4. The number of amides is 1. The third-order valence-electron chi connectivity index (χ3n) is 2.38. The first-order valence-electron chi connectivity index (χ1n) is 5.16. The Morgan fingerprint density at radius 3 is 2.94 bits per heavy atom. The van der Waals surface area contributed by atoms with Gasteiger partial charge in [0.25, 0.3) is 0 Å². The number of carbonyl (C=O) groups excluding carboxylic acids is 1. The Balaban J connectivity index is 1.92. The van der Waals surface area contributed by atoms with Gasteiger partial charge in [0.1, 0.15) is 12.4 Å². The Labute approximate surface area is 104 Å². The van der Waals surface area contributed by atoms with E-state index in [-0.39, 0.29) is 6.61 Å². The molecule has 1 aliphatic heterocycles. The van der Waals surface area contributed by atoms with Crippen LogP contribution in [-0.4, -0.2) is 31.0 Å². The second-order valence-electron chi connectivity index (χ2n) is 3.78. The molecule has 1 N–H and O–H groups in total. The zero-order chi connectivity index (χ0) is 12.4. The van der Waals surface area contributed by atoms with Crippen LogP contribution < -0.4 is 10.2 Å². The lowest BCUT2D eigenvalue weighted by Crippen LogP contribution is -2.36. The van der Waals surface area contributed by atoms with E-state index in [2.05, 4.69) is 5.43 Å². The molecular formula is C11H13ClN2O3. The van der Waals surface area contributed by atoms with Crippen molar-refractivity contribution in [2.75, 3.05) is 13.7 Å². The SMILES string of the molecule is Cc1cc(Cl)ccc1OCC1NN(C)C(=O)O1. The van der Waals surface area contributed by atoms with Crippen LogP contribution in [0, 0.1) is 6.92 Å². The maximum absolute atomic E-state index is 11.1. The van der Waals surface area contributed by atoms with Crippen molar-refractivity contribution in [1.82, 2.24) is 10.4 Å². The molecule has 0 bridgehead atoms. The number of hydrazine groups is 1. The molecule has 0 radical (unpaired) electrons. The second-order valence-corrected chi connectivity index (χ2v) is 4.22. The van der Waals surface area contributed by atoms with E-state index >= 15 is 0 Å². The summed E-state index contributed by atoms with van der Waals surface area (Å²) in [7, 11) is 1.59. The van der Waals surface area contributed by atoms with Gasteiger partial charge in [0, 0.05) is 12.1 Å². The van der Waals surface area contributed by atoms with E-state index in [4.69, 9.17) is 21.1 Å². The number of ether oxygens (including phenoxy) is 2. The monoisotopic (exact) mass is 256 g/mol. The maximum atomic E-state index is 11.1. The first-order chi connectivity index (χ1) is 8.06. The molecule has 1 saturated heterocycles. The number of nitrogens with zero attached hydrogens (tertiary/aromatic N) is 1. The van der Waals surface area contributed by atoms with Crippen molar-refractivity contribution >= 4 is 17.7 Å². The van der Waals surface area contributed by atoms with Gasteiger partial charge in [-0.25, -0.2) is 9.80 Å². The average Bonchev–Trinajstić information content (AvgIpc) is 2.57. The van der Waals surface area contributed by atoms with Crippen LogP contribution in [-0.2, 0) is 4.74 Å². The minimum Gasteiger partial charge on any atom is -0.488 e. The van der Waals surface area contributed by atoms with E-state index in [0.29, 0.717) is 5.02 Å². The third-order valence-corrected chi connectivity index (χ3v) is 2.62.